The van der Waals surface area contributed by atoms with Crippen molar-refractivity contribution in [3.05, 3.63) is 114 Å². The summed E-state index contributed by atoms with van der Waals surface area (Å²) in [6.07, 6.45) is 1.72. The summed E-state index contributed by atoms with van der Waals surface area (Å²) in [6, 6.07) is 27.6. The fraction of sp³-hybridized carbons (Fsp3) is 0.167. The lowest BCUT2D eigenvalue weighted by molar-refractivity contribution is 0.102. The summed E-state index contributed by atoms with van der Waals surface area (Å²) in [7, 11) is 1.65. The van der Waals surface area contributed by atoms with E-state index in [1.165, 1.54) is 0 Å². The lowest BCUT2D eigenvalue weighted by Crippen LogP contribution is -2.15. The molecular weight excluding hydrogens is 478 g/mol. The molecule has 192 valence electrons. The molecule has 0 bridgehead atoms. The molecule has 0 unspecified atom stereocenters. The Morgan fingerprint density at radius 3 is 2.39 bits per heavy atom. The molecule has 0 aliphatic rings. The monoisotopic (exact) mass is 507 g/mol. The number of hydrogen-bond acceptors (Lipinski definition) is 5. The number of amides is 1. The second kappa shape index (κ2) is 11.0. The molecule has 2 aromatic heterocycles. The summed E-state index contributed by atoms with van der Waals surface area (Å²) in [6.45, 7) is 4.57. The molecule has 0 fully saturated rings. The first-order valence-corrected chi connectivity index (χ1v) is 12.3. The van der Waals surface area contributed by atoms with Crippen LogP contribution in [0.2, 0.25) is 0 Å². The van der Waals surface area contributed by atoms with Gasteiger partial charge in [0.15, 0.2) is 12.4 Å². The molecule has 1 amide bonds. The molecule has 0 saturated heterocycles. The molecule has 5 rings (SSSR count). The van der Waals surface area contributed by atoms with E-state index in [-0.39, 0.29) is 12.6 Å². The summed E-state index contributed by atoms with van der Waals surface area (Å²) in [5, 5.41) is 12.0. The van der Waals surface area contributed by atoms with Crippen molar-refractivity contribution in [2.24, 2.45) is 0 Å². The van der Waals surface area contributed by atoms with Crippen molar-refractivity contribution in [2.45, 2.75) is 27.1 Å². The van der Waals surface area contributed by atoms with Gasteiger partial charge >= 0.3 is 0 Å². The normalized spacial score (nSPS) is 10.8. The van der Waals surface area contributed by atoms with Crippen LogP contribution in [0.3, 0.4) is 0 Å². The number of hydrogen-bond donors (Lipinski definition) is 1. The van der Waals surface area contributed by atoms with Crippen LogP contribution in [0.5, 0.6) is 11.5 Å². The number of aromatic nitrogens is 4. The van der Waals surface area contributed by atoms with Crippen molar-refractivity contribution in [2.75, 3.05) is 12.4 Å². The Labute approximate surface area is 221 Å². The lowest BCUT2D eigenvalue weighted by atomic mass is 10.1. The number of methoxy groups -OCH3 is 1. The Morgan fingerprint density at radius 1 is 0.868 bits per heavy atom. The minimum absolute atomic E-state index is 0.189. The summed E-state index contributed by atoms with van der Waals surface area (Å²) < 4.78 is 14.6. The minimum Gasteiger partial charge on any atom is -0.497 e. The zero-order chi connectivity index (χ0) is 26.5. The van der Waals surface area contributed by atoms with Crippen LogP contribution < -0.4 is 14.8 Å². The second-order valence-electron chi connectivity index (χ2n) is 8.91. The maximum Gasteiger partial charge on any atom is 0.276 e. The number of benzene rings is 3. The van der Waals surface area contributed by atoms with E-state index < -0.39 is 0 Å². The predicted octanol–water partition coefficient (Wildman–Crippen LogP) is 5.71. The van der Waals surface area contributed by atoms with Crippen LogP contribution in [0, 0.1) is 13.8 Å². The van der Waals surface area contributed by atoms with Crippen LogP contribution in [0.25, 0.3) is 11.1 Å². The van der Waals surface area contributed by atoms with Gasteiger partial charge in [-0.05, 0) is 60.9 Å². The number of carbonyl (C=O) groups is 1. The van der Waals surface area contributed by atoms with Crippen molar-refractivity contribution >= 4 is 11.6 Å². The standard InChI is InChI=1S/C30H29N5O3/c1-21-29(22(2)35(32-21)19-23-8-7-11-27(18-23)37-3)31-30(36)28-16-17-34(33-28)20-38-26-14-12-25(13-15-26)24-9-5-4-6-10-24/h4-18H,19-20H2,1-3H3,(H,31,36). The first kappa shape index (κ1) is 24.8. The molecule has 8 heteroatoms. The Morgan fingerprint density at radius 2 is 1.63 bits per heavy atom. The lowest BCUT2D eigenvalue weighted by Gasteiger charge is -2.08. The van der Waals surface area contributed by atoms with E-state index in [2.05, 4.69) is 27.6 Å². The maximum atomic E-state index is 12.9. The molecule has 0 radical (unpaired) electrons. The van der Waals surface area contributed by atoms with Crippen LogP contribution in [-0.2, 0) is 13.3 Å². The van der Waals surface area contributed by atoms with Crippen molar-refractivity contribution in [3.8, 4) is 22.6 Å². The number of rotatable bonds is 9. The van der Waals surface area contributed by atoms with Gasteiger partial charge in [-0.1, -0.05) is 54.6 Å². The van der Waals surface area contributed by atoms with Gasteiger partial charge in [0.1, 0.15) is 11.5 Å². The van der Waals surface area contributed by atoms with Gasteiger partial charge in [0, 0.05) is 6.20 Å². The molecule has 0 saturated carbocycles. The number of nitrogens with one attached hydrogen (secondary N) is 1. The number of nitrogens with zero attached hydrogens (tertiary/aromatic N) is 4. The van der Waals surface area contributed by atoms with Gasteiger partial charge in [0.25, 0.3) is 5.91 Å². The topological polar surface area (TPSA) is 83.2 Å². The molecule has 0 atom stereocenters. The molecule has 2 heterocycles. The average Bonchev–Trinajstić information content (AvgIpc) is 3.53. The first-order chi connectivity index (χ1) is 18.5. The van der Waals surface area contributed by atoms with Gasteiger partial charge in [0.05, 0.1) is 30.7 Å². The van der Waals surface area contributed by atoms with Gasteiger partial charge < -0.3 is 14.8 Å². The third-order valence-electron chi connectivity index (χ3n) is 6.28. The Kier molecular flexibility index (Phi) is 7.21. The average molecular weight is 508 g/mol. The Hall–Kier alpha value is -4.85. The van der Waals surface area contributed by atoms with Gasteiger partial charge in [0.2, 0.25) is 0 Å². The van der Waals surface area contributed by atoms with E-state index in [9.17, 15) is 4.79 Å². The second-order valence-corrected chi connectivity index (χ2v) is 8.91. The largest absolute Gasteiger partial charge is 0.497 e. The predicted molar refractivity (Wildman–Crippen MR) is 146 cm³/mol. The molecule has 0 aliphatic carbocycles. The highest BCUT2D eigenvalue weighted by Crippen LogP contribution is 2.23. The van der Waals surface area contributed by atoms with Crippen molar-refractivity contribution < 1.29 is 14.3 Å². The third-order valence-corrected chi connectivity index (χ3v) is 6.28. The molecule has 3 aromatic carbocycles. The smallest absolute Gasteiger partial charge is 0.276 e. The minimum atomic E-state index is -0.303. The van der Waals surface area contributed by atoms with E-state index in [4.69, 9.17) is 9.47 Å². The van der Waals surface area contributed by atoms with E-state index >= 15 is 0 Å². The molecule has 0 aliphatic heterocycles. The summed E-state index contributed by atoms with van der Waals surface area (Å²) >= 11 is 0. The van der Waals surface area contributed by atoms with Crippen molar-refractivity contribution in [1.29, 1.82) is 0 Å². The quantitative estimate of drug-likeness (QED) is 0.276. The highest BCUT2D eigenvalue weighted by molar-refractivity contribution is 6.03. The Balaban J connectivity index is 1.20. The van der Waals surface area contributed by atoms with Gasteiger partial charge in [-0.3, -0.25) is 9.48 Å². The van der Waals surface area contributed by atoms with Crippen molar-refractivity contribution in [3.63, 3.8) is 0 Å². The highest BCUT2D eigenvalue weighted by atomic mass is 16.5. The molecule has 38 heavy (non-hydrogen) atoms. The van der Waals surface area contributed by atoms with E-state index in [0.717, 1.165) is 39.6 Å². The van der Waals surface area contributed by atoms with Crippen LogP contribution in [0.15, 0.2) is 91.1 Å². The van der Waals surface area contributed by atoms with Gasteiger partial charge in [-0.15, -0.1) is 0 Å². The zero-order valence-electron chi connectivity index (χ0n) is 21.6. The molecule has 0 spiro atoms. The molecule has 8 nitrogen and oxygen atoms in total. The fourth-order valence-corrected chi connectivity index (χ4v) is 4.22. The van der Waals surface area contributed by atoms with Gasteiger partial charge in [-0.25, -0.2) is 4.68 Å². The number of ether oxygens (including phenoxy) is 2. The van der Waals surface area contributed by atoms with E-state index in [1.807, 2.05) is 85.3 Å². The van der Waals surface area contributed by atoms with Gasteiger partial charge in [-0.2, -0.15) is 10.2 Å². The SMILES string of the molecule is COc1cccc(Cn2nc(C)c(NC(=O)c3ccn(COc4ccc(-c5ccccc5)cc4)n3)c2C)c1. The zero-order valence-corrected chi connectivity index (χ0v) is 21.6. The van der Waals surface area contributed by atoms with Crippen LogP contribution in [-0.4, -0.2) is 32.6 Å². The van der Waals surface area contributed by atoms with E-state index in [1.54, 1.807) is 24.1 Å². The fourth-order valence-electron chi connectivity index (χ4n) is 4.22. The number of carbonyl (C=O) groups excluding carboxylic acids is 1. The number of anilines is 1. The van der Waals surface area contributed by atoms with Crippen LogP contribution in [0.1, 0.15) is 27.4 Å². The maximum absolute atomic E-state index is 12.9. The summed E-state index contributed by atoms with van der Waals surface area (Å²) in [4.78, 5) is 12.9. The van der Waals surface area contributed by atoms with Crippen molar-refractivity contribution in [1.82, 2.24) is 19.6 Å². The first-order valence-electron chi connectivity index (χ1n) is 12.3. The molecule has 1 N–H and O–H groups in total. The molecular formula is C30H29N5O3. The number of aryl methyl sites for hydroxylation is 1. The highest BCUT2D eigenvalue weighted by Gasteiger charge is 2.17. The third kappa shape index (κ3) is 5.59. The van der Waals surface area contributed by atoms with Crippen LogP contribution in [0.4, 0.5) is 5.69 Å². The molecule has 5 aromatic rings. The van der Waals surface area contributed by atoms with Crippen LogP contribution >= 0.6 is 0 Å². The van der Waals surface area contributed by atoms with E-state index in [0.29, 0.717) is 17.9 Å². The summed E-state index contributed by atoms with van der Waals surface area (Å²) in [5.74, 6) is 1.21. The summed E-state index contributed by atoms with van der Waals surface area (Å²) in [5.41, 5.74) is 5.91. The Bertz CT molecular complexity index is 1540.